The van der Waals surface area contributed by atoms with Gasteiger partial charge in [0.2, 0.25) is 12.2 Å². The zero-order chi connectivity index (χ0) is 25.4. The van der Waals surface area contributed by atoms with E-state index in [1.54, 1.807) is 24.3 Å². The number of carbonyl (C=O) groups excluding carboxylic acids is 4. The lowest BCUT2D eigenvalue weighted by atomic mass is 10.0. The lowest BCUT2D eigenvalue weighted by Gasteiger charge is -2.13. The van der Waals surface area contributed by atoms with E-state index in [1.165, 1.54) is 27.2 Å². The molecule has 11 heteroatoms. The number of carbonyl (C=O) groups is 4. The fourth-order valence-electron chi connectivity index (χ4n) is 3.51. The Hall–Kier alpha value is -4.15. The first-order valence-corrected chi connectivity index (χ1v) is 10.9. The molecule has 2 heterocycles. The first-order valence-electron chi connectivity index (χ1n) is 10.9. The molecular formula is C24H27N3O8. The number of pyridine rings is 1. The minimum Gasteiger partial charge on any atom is -0.491 e. The summed E-state index contributed by atoms with van der Waals surface area (Å²) in [5.74, 6) is -0.908. The van der Waals surface area contributed by atoms with Gasteiger partial charge in [0, 0.05) is 19.4 Å². The molecule has 1 aromatic heterocycles. The molecule has 2 aromatic rings. The van der Waals surface area contributed by atoms with Crippen LogP contribution < -0.4 is 15.4 Å². The van der Waals surface area contributed by atoms with Crippen LogP contribution in [0, 0.1) is 5.92 Å². The Morgan fingerprint density at radius 1 is 1.14 bits per heavy atom. The highest BCUT2D eigenvalue weighted by molar-refractivity contribution is 5.86. The van der Waals surface area contributed by atoms with Gasteiger partial charge in [0.25, 0.3) is 0 Å². The predicted molar refractivity (Wildman–Crippen MR) is 123 cm³/mol. The third-order valence-electron chi connectivity index (χ3n) is 5.14. The number of esters is 2. The first kappa shape index (κ1) is 25.5. The number of aromatic nitrogens is 1. The average Bonchev–Trinajstić information content (AvgIpc) is 3.16. The number of hydrogen-bond acceptors (Lipinski definition) is 9. The molecule has 1 aliphatic rings. The summed E-state index contributed by atoms with van der Waals surface area (Å²) in [6.45, 7) is 2.94. The van der Waals surface area contributed by atoms with Crippen molar-refractivity contribution in [3.63, 3.8) is 0 Å². The Bertz CT molecular complexity index is 1060. The second-order valence-corrected chi connectivity index (χ2v) is 7.89. The summed E-state index contributed by atoms with van der Waals surface area (Å²) >= 11 is 0. The molecule has 0 spiro atoms. The van der Waals surface area contributed by atoms with Crippen LogP contribution in [-0.4, -0.2) is 55.0 Å². The highest BCUT2D eigenvalue weighted by Gasteiger charge is 2.34. The van der Waals surface area contributed by atoms with Crippen molar-refractivity contribution in [3.05, 3.63) is 42.6 Å². The summed E-state index contributed by atoms with van der Waals surface area (Å²) in [6.07, 6.45) is 0.262. The molecule has 3 rings (SSSR count). The Morgan fingerprint density at radius 3 is 2.51 bits per heavy atom. The van der Waals surface area contributed by atoms with Gasteiger partial charge in [0.1, 0.15) is 12.4 Å². The standard InChI is InChI=1S/C24H27N3O8/c1-14(28)34-15(2)35-24(31)27-18-6-9-21(25-12-18)16-4-7-20(8-5-16)33-13-19-10-17(23(30)26-19)11-22(29)32-3/h4-9,12,15,17,19H,10-11,13H2,1-3H3,(H,26,30)(H,27,31)/t15?,17-,19-/m0/s1. The van der Waals surface area contributed by atoms with Crippen LogP contribution in [0.4, 0.5) is 10.5 Å². The minimum atomic E-state index is -1.01. The molecule has 0 saturated carbocycles. The van der Waals surface area contributed by atoms with Crippen LogP contribution in [-0.2, 0) is 28.6 Å². The molecule has 0 aliphatic carbocycles. The van der Waals surface area contributed by atoms with E-state index < -0.39 is 30.2 Å². The van der Waals surface area contributed by atoms with Gasteiger partial charge < -0.3 is 24.3 Å². The van der Waals surface area contributed by atoms with Crippen molar-refractivity contribution in [2.24, 2.45) is 5.92 Å². The third kappa shape index (κ3) is 7.70. The monoisotopic (exact) mass is 485 g/mol. The van der Waals surface area contributed by atoms with Crippen LogP contribution in [0.3, 0.4) is 0 Å². The van der Waals surface area contributed by atoms with E-state index >= 15 is 0 Å². The maximum absolute atomic E-state index is 12.0. The van der Waals surface area contributed by atoms with Gasteiger partial charge in [-0.05, 0) is 42.8 Å². The van der Waals surface area contributed by atoms with Gasteiger partial charge in [-0.25, -0.2) is 4.79 Å². The van der Waals surface area contributed by atoms with Crippen molar-refractivity contribution >= 4 is 29.6 Å². The Morgan fingerprint density at radius 2 is 1.89 bits per heavy atom. The molecule has 35 heavy (non-hydrogen) atoms. The third-order valence-corrected chi connectivity index (χ3v) is 5.14. The van der Waals surface area contributed by atoms with Crippen molar-refractivity contribution in [2.75, 3.05) is 19.0 Å². The van der Waals surface area contributed by atoms with E-state index in [9.17, 15) is 19.2 Å². The molecule has 0 radical (unpaired) electrons. The molecule has 1 aliphatic heterocycles. The number of ether oxygens (including phenoxy) is 4. The van der Waals surface area contributed by atoms with Gasteiger partial charge >= 0.3 is 18.0 Å². The number of rotatable bonds is 9. The molecule has 186 valence electrons. The van der Waals surface area contributed by atoms with Crippen LogP contribution >= 0.6 is 0 Å². The quantitative estimate of drug-likeness (QED) is 0.405. The van der Waals surface area contributed by atoms with Gasteiger partial charge in [0.05, 0.1) is 43.1 Å². The van der Waals surface area contributed by atoms with Crippen molar-refractivity contribution < 1.29 is 38.1 Å². The molecule has 3 atom stereocenters. The summed E-state index contributed by atoms with van der Waals surface area (Å²) < 4.78 is 20.1. The number of methoxy groups -OCH3 is 1. The molecule has 2 amide bonds. The molecule has 11 nitrogen and oxygen atoms in total. The van der Waals surface area contributed by atoms with Crippen LogP contribution in [0.15, 0.2) is 42.6 Å². The fourth-order valence-corrected chi connectivity index (χ4v) is 3.51. The molecule has 1 fully saturated rings. The predicted octanol–water partition coefficient (Wildman–Crippen LogP) is 2.65. The molecular weight excluding hydrogens is 458 g/mol. The van der Waals surface area contributed by atoms with Crippen LogP contribution in [0.1, 0.15) is 26.7 Å². The smallest absolute Gasteiger partial charge is 0.414 e. The molecule has 1 unspecified atom stereocenters. The van der Waals surface area contributed by atoms with E-state index in [0.29, 0.717) is 23.6 Å². The average molecular weight is 485 g/mol. The highest BCUT2D eigenvalue weighted by atomic mass is 16.7. The van der Waals surface area contributed by atoms with Gasteiger partial charge in [-0.2, -0.15) is 0 Å². The molecule has 0 bridgehead atoms. The van der Waals surface area contributed by atoms with Gasteiger partial charge in [-0.3, -0.25) is 24.7 Å². The topological polar surface area (TPSA) is 142 Å². The molecule has 1 saturated heterocycles. The number of anilines is 1. The van der Waals surface area contributed by atoms with Crippen molar-refractivity contribution in [1.82, 2.24) is 10.3 Å². The molecule has 1 aromatic carbocycles. The molecule has 2 N–H and O–H groups in total. The van der Waals surface area contributed by atoms with Crippen molar-refractivity contribution in [2.45, 2.75) is 39.0 Å². The Labute approximate surface area is 202 Å². The van der Waals surface area contributed by atoms with Crippen LogP contribution in [0.25, 0.3) is 11.3 Å². The van der Waals surface area contributed by atoms with Crippen molar-refractivity contribution in [3.8, 4) is 17.0 Å². The second-order valence-electron chi connectivity index (χ2n) is 7.89. The summed E-state index contributed by atoms with van der Waals surface area (Å²) in [6, 6.07) is 10.5. The normalized spacial score (nSPS) is 17.6. The van der Waals surface area contributed by atoms with Crippen molar-refractivity contribution in [1.29, 1.82) is 0 Å². The Kier molecular flexibility index (Phi) is 8.60. The number of hydrogen-bond donors (Lipinski definition) is 2. The van der Waals surface area contributed by atoms with E-state index in [-0.39, 0.29) is 25.0 Å². The van der Waals surface area contributed by atoms with Gasteiger partial charge in [-0.1, -0.05) is 0 Å². The lowest BCUT2D eigenvalue weighted by Crippen LogP contribution is -2.31. The van der Waals surface area contributed by atoms with E-state index in [0.717, 1.165) is 5.56 Å². The maximum atomic E-state index is 12.0. The van der Waals surface area contributed by atoms with E-state index in [4.69, 9.17) is 14.2 Å². The summed E-state index contributed by atoms with van der Waals surface area (Å²) in [5.41, 5.74) is 1.93. The summed E-state index contributed by atoms with van der Waals surface area (Å²) in [7, 11) is 1.30. The summed E-state index contributed by atoms with van der Waals surface area (Å²) in [5, 5.41) is 5.34. The SMILES string of the molecule is COC(=O)C[C@@H]1C[C@@H](COc2ccc(-c3ccc(NC(=O)OC(C)OC(C)=O)cn3)cc2)NC1=O. The van der Waals surface area contributed by atoms with Gasteiger partial charge in [-0.15, -0.1) is 0 Å². The zero-order valence-electron chi connectivity index (χ0n) is 19.6. The van der Waals surface area contributed by atoms with E-state index in [1.807, 2.05) is 12.1 Å². The number of nitrogens with zero attached hydrogens (tertiary/aromatic N) is 1. The highest BCUT2D eigenvalue weighted by Crippen LogP contribution is 2.24. The minimum absolute atomic E-state index is 0.0590. The van der Waals surface area contributed by atoms with E-state index in [2.05, 4.69) is 20.4 Å². The Balaban J connectivity index is 1.48. The number of amides is 2. The fraction of sp³-hybridized carbons (Fsp3) is 0.375. The van der Waals surface area contributed by atoms with Gasteiger partial charge in [0.15, 0.2) is 0 Å². The zero-order valence-corrected chi connectivity index (χ0v) is 19.6. The summed E-state index contributed by atoms with van der Waals surface area (Å²) in [4.78, 5) is 50.4. The largest absolute Gasteiger partial charge is 0.491 e. The van der Waals surface area contributed by atoms with Crippen LogP contribution in [0.2, 0.25) is 0 Å². The first-order chi connectivity index (χ1) is 16.7. The second kappa shape index (κ2) is 11.8. The lowest BCUT2D eigenvalue weighted by molar-refractivity contribution is -0.161. The number of benzene rings is 1. The van der Waals surface area contributed by atoms with Crippen LogP contribution in [0.5, 0.6) is 5.75 Å². The number of nitrogens with one attached hydrogen (secondary N) is 2. The maximum Gasteiger partial charge on any atom is 0.414 e.